The fourth-order valence-electron chi connectivity index (χ4n) is 1.35. The molecule has 0 aliphatic heterocycles. The highest BCUT2D eigenvalue weighted by atomic mass is 28.4. The normalized spacial score (nSPS) is 16.5. The Morgan fingerprint density at radius 3 is 1.05 bits per heavy atom. The van der Waals surface area contributed by atoms with Crippen molar-refractivity contribution in [2.45, 2.75) is 90.0 Å². The first kappa shape index (κ1) is 21.5. The SMILES string of the molecule is C#C[C@@H](O[Si](C)(C)C(C)(C)C)[C@@H](C#C)O[Si](C)(C)C(C)(C)C. The zero-order valence-electron chi connectivity index (χ0n) is 16.1. The molecule has 4 heteroatoms. The first-order valence-electron chi connectivity index (χ1n) is 7.87. The van der Waals surface area contributed by atoms with Gasteiger partial charge in [-0.05, 0) is 36.3 Å². The van der Waals surface area contributed by atoms with Gasteiger partial charge in [0.1, 0.15) is 12.2 Å². The summed E-state index contributed by atoms with van der Waals surface area (Å²) in [6.07, 6.45) is 10.5. The maximum Gasteiger partial charge on any atom is 0.193 e. The molecule has 126 valence electrons. The van der Waals surface area contributed by atoms with E-state index >= 15 is 0 Å². The van der Waals surface area contributed by atoms with Crippen LogP contribution in [0.4, 0.5) is 0 Å². The molecule has 0 amide bonds. The van der Waals surface area contributed by atoms with E-state index in [1.54, 1.807) is 0 Å². The Bertz CT molecular complexity index is 409. The second-order valence-electron chi connectivity index (χ2n) is 8.93. The third-order valence-electron chi connectivity index (χ3n) is 5.06. The van der Waals surface area contributed by atoms with E-state index in [0.717, 1.165) is 0 Å². The van der Waals surface area contributed by atoms with Crippen molar-refractivity contribution < 1.29 is 8.85 Å². The van der Waals surface area contributed by atoms with Gasteiger partial charge in [0.15, 0.2) is 16.6 Å². The molecule has 22 heavy (non-hydrogen) atoms. The molecule has 0 saturated carbocycles. The highest BCUT2D eigenvalue weighted by Gasteiger charge is 2.44. The first-order chi connectivity index (χ1) is 9.59. The number of hydrogen-bond acceptors (Lipinski definition) is 2. The van der Waals surface area contributed by atoms with Crippen LogP contribution in [0.5, 0.6) is 0 Å². The summed E-state index contributed by atoms with van der Waals surface area (Å²) in [4.78, 5) is 0. The Morgan fingerprint density at radius 1 is 0.682 bits per heavy atom. The van der Waals surface area contributed by atoms with Gasteiger partial charge in [0.25, 0.3) is 0 Å². The number of hydrogen-bond donors (Lipinski definition) is 0. The third kappa shape index (κ3) is 5.28. The summed E-state index contributed by atoms with van der Waals surface area (Å²) in [5.74, 6) is 5.45. The molecule has 0 saturated heterocycles. The Morgan fingerprint density at radius 2 is 0.909 bits per heavy atom. The lowest BCUT2D eigenvalue weighted by atomic mass is 10.2. The Labute approximate surface area is 140 Å². The van der Waals surface area contributed by atoms with Crippen LogP contribution in [0, 0.1) is 24.7 Å². The second kappa shape index (κ2) is 6.93. The largest absolute Gasteiger partial charge is 0.400 e. The molecule has 0 unspecified atom stereocenters. The molecule has 0 aliphatic carbocycles. The van der Waals surface area contributed by atoms with E-state index in [1.165, 1.54) is 0 Å². The summed E-state index contributed by atoms with van der Waals surface area (Å²) in [7, 11) is -3.98. The van der Waals surface area contributed by atoms with E-state index in [9.17, 15) is 0 Å². The van der Waals surface area contributed by atoms with E-state index in [2.05, 4.69) is 79.6 Å². The molecule has 0 aromatic rings. The van der Waals surface area contributed by atoms with Crippen molar-refractivity contribution in [3.8, 4) is 24.7 Å². The van der Waals surface area contributed by atoms with Crippen LogP contribution < -0.4 is 0 Å². The number of terminal acetylenes is 2. The lowest BCUT2D eigenvalue weighted by molar-refractivity contribution is 0.106. The molecule has 0 bridgehead atoms. The van der Waals surface area contributed by atoms with E-state index in [-0.39, 0.29) is 10.1 Å². The molecule has 0 heterocycles. The van der Waals surface area contributed by atoms with E-state index in [1.807, 2.05) is 0 Å². The van der Waals surface area contributed by atoms with Gasteiger partial charge < -0.3 is 8.85 Å². The maximum atomic E-state index is 6.32. The van der Waals surface area contributed by atoms with Crippen LogP contribution in [0.3, 0.4) is 0 Å². The molecule has 0 radical (unpaired) electrons. The minimum Gasteiger partial charge on any atom is -0.400 e. The summed E-state index contributed by atoms with van der Waals surface area (Å²) in [6.45, 7) is 21.8. The van der Waals surface area contributed by atoms with Crippen LogP contribution in [-0.4, -0.2) is 28.8 Å². The van der Waals surface area contributed by atoms with E-state index in [0.29, 0.717) is 0 Å². The second-order valence-corrected chi connectivity index (χ2v) is 18.4. The first-order valence-corrected chi connectivity index (χ1v) is 13.7. The molecule has 0 aliphatic rings. The molecular formula is C18H34O2Si2. The molecule has 2 atom stereocenters. The van der Waals surface area contributed by atoms with Crippen LogP contribution in [0.1, 0.15) is 41.5 Å². The smallest absolute Gasteiger partial charge is 0.193 e. The zero-order chi connectivity index (χ0) is 18.0. The van der Waals surface area contributed by atoms with Crippen LogP contribution in [0.25, 0.3) is 0 Å². The van der Waals surface area contributed by atoms with Gasteiger partial charge in [-0.15, -0.1) is 12.8 Å². The van der Waals surface area contributed by atoms with Gasteiger partial charge >= 0.3 is 0 Å². The van der Waals surface area contributed by atoms with Crippen molar-refractivity contribution in [1.29, 1.82) is 0 Å². The zero-order valence-corrected chi connectivity index (χ0v) is 18.1. The average molecular weight is 339 g/mol. The molecule has 0 rings (SSSR count). The standard InChI is InChI=1S/C18H34O2Si2/c1-13-15(19-21(9,10)17(3,4)5)16(14-2)20-22(11,12)18(6,7)8/h1-2,15-16H,3-12H3/t15-,16-/m1/s1. The fraction of sp³-hybridized carbons (Fsp3) is 0.778. The topological polar surface area (TPSA) is 18.5 Å². The molecule has 2 nitrogen and oxygen atoms in total. The minimum absolute atomic E-state index is 0.0816. The van der Waals surface area contributed by atoms with Crippen LogP contribution in [-0.2, 0) is 8.85 Å². The van der Waals surface area contributed by atoms with Gasteiger partial charge in [0.2, 0.25) is 0 Å². The predicted octanol–water partition coefficient (Wildman–Crippen LogP) is 5.03. The van der Waals surface area contributed by atoms with Crippen molar-refractivity contribution in [2.24, 2.45) is 0 Å². The van der Waals surface area contributed by atoms with Gasteiger partial charge in [0.05, 0.1) is 0 Å². The quantitative estimate of drug-likeness (QED) is 0.517. The fourth-order valence-corrected chi connectivity index (χ4v) is 3.71. The van der Waals surface area contributed by atoms with Crippen molar-refractivity contribution in [3.05, 3.63) is 0 Å². The lowest BCUT2D eigenvalue weighted by Gasteiger charge is -2.42. The summed E-state index contributed by atoms with van der Waals surface area (Å²) in [5.41, 5.74) is 0. The maximum absolute atomic E-state index is 6.32. The van der Waals surface area contributed by atoms with E-state index < -0.39 is 28.8 Å². The van der Waals surface area contributed by atoms with Crippen molar-refractivity contribution in [3.63, 3.8) is 0 Å². The highest BCUT2D eigenvalue weighted by Crippen LogP contribution is 2.40. The molecule has 0 N–H and O–H groups in total. The molecule has 0 fully saturated rings. The summed E-state index contributed by atoms with van der Waals surface area (Å²) in [5, 5.41) is 0.163. The van der Waals surface area contributed by atoms with Crippen molar-refractivity contribution >= 4 is 16.6 Å². The Hall–Kier alpha value is -0.526. The highest BCUT2D eigenvalue weighted by molar-refractivity contribution is 6.74. The van der Waals surface area contributed by atoms with Crippen LogP contribution in [0.15, 0.2) is 0 Å². The van der Waals surface area contributed by atoms with Crippen LogP contribution >= 0.6 is 0 Å². The lowest BCUT2D eigenvalue weighted by Crippen LogP contribution is -2.51. The third-order valence-corrected chi connectivity index (χ3v) is 14.0. The van der Waals surface area contributed by atoms with Crippen LogP contribution in [0.2, 0.25) is 36.3 Å². The summed E-state index contributed by atoms with van der Waals surface area (Å²) >= 11 is 0. The predicted molar refractivity (Wildman–Crippen MR) is 102 cm³/mol. The van der Waals surface area contributed by atoms with Gasteiger partial charge in [-0.1, -0.05) is 53.4 Å². The van der Waals surface area contributed by atoms with Gasteiger partial charge in [-0.25, -0.2) is 0 Å². The van der Waals surface area contributed by atoms with Gasteiger partial charge in [-0.3, -0.25) is 0 Å². The summed E-state index contributed by atoms with van der Waals surface area (Å²) < 4.78 is 12.6. The summed E-state index contributed by atoms with van der Waals surface area (Å²) in [6, 6.07) is 0. The van der Waals surface area contributed by atoms with E-state index in [4.69, 9.17) is 21.7 Å². The molecule has 0 aromatic heterocycles. The van der Waals surface area contributed by atoms with Crippen molar-refractivity contribution in [2.75, 3.05) is 0 Å². The van der Waals surface area contributed by atoms with Gasteiger partial charge in [-0.2, -0.15) is 0 Å². The van der Waals surface area contributed by atoms with Crippen molar-refractivity contribution in [1.82, 2.24) is 0 Å². The average Bonchev–Trinajstić information content (AvgIpc) is 2.30. The monoisotopic (exact) mass is 338 g/mol. The molecule has 0 aromatic carbocycles. The molecule has 0 spiro atoms. The Kier molecular flexibility index (Phi) is 6.76. The minimum atomic E-state index is -1.99. The number of rotatable bonds is 5. The molecular weight excluding hydrogens is 304 g/mol. The van der Waals surface area contributed by atoms with Gasteiger partial charge in [0, 0.05) is 0 Å². The Balaban J connectivity index is 5.32.